The van der Waals surface area contributed by atoms with Crippen molar-refractivity contribution in [2.24, 2.45) is 5.92 Å². The average Bonchev–Trinajstić information content (AvgIpc) is 2.94. The first-order chi connectivity index (χ1) is 11.5. The summed E-state index contributed by atoms with van der Waals surface area (Å²) in [4.78, 5) is 14.6. The normalized spacial score (nSPS) is 15.5. The Kier molecular flexibility index (Phi) is 5.09. The first kappa shape index (κ1) is 16.8. The van der Waals surface area contributed by atoms with Gasteiger partial charge in [0.1, 0.15) is 18.1 Å². The van der Waals surface area contributed by atoms with E-state index in [9.17, 15) is 4.79 Å². The van der Waals surface area contributed by atoms with E-state index in [-0.39, 0.29) is 12.5 Å². The summed E-state index contributed by atoms with van der Waals surface area (Å²) in [7, 11) is 0. The summed E-state index contributed by atoms with van der Waals surface area (Å²) in [5.41, 5.74) is 1.04. The van der Waals surface area contributed by atoms with E-state index in [1.807, 2.05) is 17.0 Å². The van der Waals surface area contributed by atoms with Gasteiger partial charge in [0.2, 0.25) is 0 Å². The molecule has 0 bridgehead atoms. The Labute approximate surface area is 146 Å². The van der Waals surface area contributed by atoms with Crippen molar-refractivity contribution in [3.05, 3.63) is 46.3 Å². The molecule has 1 fully saturated rings. The van der Waals surface area contributed by atoms with Gasteiger partial charge in [-0.2, -0.15) is 0 Å². The van der Waals surface area contributed by atoms with Crippen molar-refractivity contribution in [1.82, 2.24) is 10.1 Å². The van der Waals surface area contributed by atoms with Crippen molar-refractivity contribution in [2.45, 2.75) is 33.3 Å². The van der Waals surface area contributed by atoms with Crippen LogP contribution in [0.4, 0.5) is 0 Å². The number of piperidine rings is 1. The minimum absolute atomic E-state index is 0.0801. The third-order valence-corrected chi connectivity index (χ3v) is 4.67. The van der Waals surface area contributed by atoms with Crippen LogP contribution in [-0.2, 0) is 6.61 Å². The number of rotatable bonds is 4. The van der Waals surface area contributed by atoms with Gasteiger partial charge < -0.3 is 14.2 Å². The Morgan fingerprint density at radius 2 is 2.17 bits per heavy atom. The minimum Gasteiger partial charge on any atom is -0.489 e. The zero-order valence-corrected chi connectivity index (χ0v) is 14.7. The molecule has 3 rings (SSSR count). The van der Waals surface area contributed by atoms with Crippen molar-refractivity contribution < 1.29 is 14.1 Å². The number of nitrogens with zero attached hydrogens (tertiary/aromatic N) is 2. The highest BCUT2D eigenvalue weighted by atomic mass is 35.5. The van der Waals surface area contributed by atoms with Gasteiger partial charge in [-0.1, -0.05) is 29.7 Å². The summed E-state index contributed by atoms with van der Waals surface area (Å²) in [5.74, 6) is 1.83. The van der Waals surface area contributed by atoms with E-state index in [1.54, 1.807) is 19.1 Å². The van der Waals surface area contributed by atoms with Crippen LogP contribution in [0, 0.1) is 12.8 Å². The third kappa shape index (κ3) is 3.73. The van der Waals surface area contributed by atoms with Gasteiger partial charge in [-0.3, -0.25) is 4.79 Å². The maximum absolute atomic E-state index is 12.7. The lowest BCUT2D eigenvalue weighted by Crippen LogP contribution is -2.38. The van der Waals surface area contributed by atoms with E-state index >= 15 is 0 Å². The Bertz CT molecular complexity index is 721. The molecular weight excluding hydrogens is 328 g/mol. The summed E-state index contributed by atoms with van der Waals surface area (Å²) in [5, 5.41) is 4.57. The molecule has 0 radical (unpaired) electrons. The Hall–Kier alpha value is -2.01. The lowest BCUT2D eigenvalue weighted by Gasteiger charge is -2.29. The van der Waals surface area contributed by atoms with E-state index in [4.69, 9.17) is 20.9 Å². The Balaban J connectivity index is 1.72. The predicted octanol–water partition coefficient (Wildman–Crippen LogP) is 4.09. The fraction of sp³-hybridized carbons (Fsp3) is 0.444. The van der Waals surface area contributed by atoms with Gasteiger partial charge in [0, 0.05) is 18.1 Å². The second-order valence-corrected chi connectivity index (χ2v) is 6.72. The largest absolute Gasteiger partial charge is 0.489 e. The summed E-state index contributed by atoms with van der Waals surface area (Å²) < 4.78 is 11.0. The highest BCUT2D eigenvalue weighted by Crippen LogP contribution is 2.23. The van der Waals surface area contributed by atoms with Crippen LogP contribution >= 0.6 is 11.6 Å². The van der Waals surface area contributed by atoms with Gasteiger partial charge >= 0.3 is 0 Å². The van der Waals surface area contributed by atoms with Gasteiger partial charge in [0.05, 0.1) is 5.56 Å². The average molecular weight is 349 g/mol. The van der Waals surface area contributed by atoms with Crippen LogP contribution < -0.4 is 4.74 Å². The number of carbonyl (C=O) groups excluding carboxylic acids is 1. The summed E-state index contributed by atoms with van der Waals surface area (Å²) in [6, 6.07) is 7.16. The molecule has 0 spiro atoms. The Morgan fingerprint density at radius 1 is 1.42 bits per heavy atom. The van der Waals surface area contributed by atoms with E-state index in [0.717, 1.165) is 25.9 Å². The minimum atomic E-state index is -0.0801. The SMILES string of the molecule is Cc1onc(C(=O)N2CCC(C)CC2)c1COc1cccc(Cl)c1. The molecular formula is C18H21ClN2O3. The highest BCUT2D eigenvalue weighted by molar-refractivity contribution is 6.30. The molecule has 0 saturated carbocycles. The number of aromatic nitrogens is 1. The molecule has 128 valence electrons. The van der Waals surface area contributed by atoms with Crippen LogP contribution in [0.5, 0.6) is 5.75 Å². The molecule has 5 nitrogen and oxygen atoms in total. The molecule has 0 atom stereocenters. The fourth-order valence-electron chi connectivity index (χ4n) is 2.80. The molecule has 2 heterocycles. The second kappa shape index (κ2) is 7.26. The molecule has 2 aromatic rings. The zero-order valence-electron chi connectivity index (χ0n) is 13.9. The van der Waals surface area contributed by atoms with Crippen molar-refractivity contribution in [2.75, 3.05) is 13.1 Å². The summed E-state index contributed by atoms with van der Waals surface area (Å²) in [6.45, 7) is 5.76. The van der Waals surface area contributed by atoms with Crippen molar-refractivity contribution in [1.29, 1.82) is 0 Å². The fourth-order valence-corrected chi connectivity index (χ4v) is 2.98. The van der Waals surface area contributed by atoms with Crippen LogP contribution in [0.25, 0.3) is 0 Å². The lowest BCUT2D eigenvalue weighted by atomic mass is 9.99. The standard InChI is InChI=1S/C18H21ClN2O3/c1-12-6-8-21(9-7-12)18(22)17-16(13(2)24-20-17)11-23-15-5-3-4-14(19)10-15/h3-5,10,12H,6-9,11H2,1-2H3. The zero-order chi connectivity index (χ0) is 17.1. The van der Waals surface area contributed by atoms with Gasteiger partial charge in [0.25, 0.3) is 5.91 Å². The molecule has 0 aliphatic carbocycles. The van der Waals surface area contributed by atoms with Gasteiger partial charge in [-0.25, -0.2) is 0 Å². The number of halogens is 1. The first-order valence-electron chi connectivity index (χ1n) is 8.17. The topological polar surface area (TPSA) is 55.6 Å². The second-order valence-electron chi connectivity index (χ2n) is 6.29. The maximum Gasteiger partial charge on any atom is 0.276 e. The number of carbonyl (C=O) groups is 1. The molecule has 1 aromatic carbocycles. The van der Waals surface area contributed by atoms with Crippen molar-refractivity contribution in [3.8, 4) is 5.75 Å². The first-order valence-corrected chi connectivity index (χ1v) is 8.55. The van der Waals surface area contributed by atoms with Gasteiger partial charge in [0.15, 0.2) is 5.69 Å². The number of likely N-dealkylation sites (tertiary alicyclic amines) is 1. The predicted molar refractivity (Wildman–Crippen MR) is 91.3 cm³/mol. The molecule has 0 unspecified atom stereocenters. The number of amides is 1. The van der Waals surface area contributed by atoms with E-state index in [1.165, 1.54) is 0 Å². The van der Waals surface area contributed by atoms with Crippen LogP contribution in [-0.4, -0.2) is 29.1 Å². The van der Waals surface area contributed by atoms with Crippen molar-refractivity contribution >= 4 is 17.5 Å². The van der Waals surface area contributed by atoms with E-state index in [2.05, 4.69) is 12.1 Å². The highest BCUT2D eigenvalue weighted by Gasteiger charge is 2.27. The van der Waals surface area contributed by atoms with Crippen LogP contribution in [0.3, 0.4) is 0 Å². The number of ether oxygens (including phenoxy) is 1. The van der Waals surface area contributed by atoms with Gasteiger partial charge in [-0.15, -0.1) is 0 Å². The summed E-state index contributed by atoms with van der Waals surface area (Å²) >= 11 is 5.96. The van der Waals surface area contributed by atoms with E-state index < -0.39 is 0 Å². The molecule has 24 heavy (non-hydrogen) atoms. The van der Waals surface area contributed by atoms with Crippen molar-refractivity contribution in [3.63, 3.8) is 0 Å². The monoisotopic (exact) mass is 348 g/mol. The molecule has 1 amide bonds. The van der Waals surface area contributed by atoms with Crippen LogP contribution in [0.1, 0.15) is 41.6 Å². The molecule has 6 heteroatoms. The maximum atomic E-state index is 12.7. The molecule has 1 aliphatic rings. The number of hydrogen-bond donors (Lipinski definition) is 0. The van der Waals surface area contributed by atoms with Gasteiger partial charge in [-0.05, 0) is 43.9 Å². The molecule has 1 aliphatic heterocycles. The molecule has 1 saturated heterocycles. The molecule has 0 N–H and O–H groups in total. The van der Waals surface area contributed by atoms with E-state index in [0.29, 0.717) is 33.7 Å². The number of aryl methyl sites for hydroxylation is 1. The molecule has 1 aromatic heterocycles. The quantitative estimate of drug-likeness (QED) is 0.835. The van der Waals surface area contributed by atoms with Crippen LogP contribution in [0.15, 0.2) is 28.8 Å². The third-order valence-electron chi connectivity index (χ3n) is 4.44. The summed E-state index contributed by atoms with van der Waals surface area (Å²) in [6.07, 6.45) is 2.05. The lowest BCUT2D eigenvalue weighted by molar-refractivity contribution is 0.0684. The number of hydrogen-bond acceptors (Lipinski definition) is 4. The van der Waals surface area contributed by atoms with Crippen LogP contribution in [0.2, 0.25) is 5.02 Å². The Morgan fingerprint density at radius 3 is 2.88 bits per heavy atom. The smallest absolute Gasteiger partial charge is 0.276 e. The number of benzene rings is 1.